The quantitative estimate of drug-likeness (QED) is 0.345. The summed E-state index contributed by atoms with van der Waals surface area (Å²) in [5.74, 6) is 0.0677. The Morgan fingerprint density at radius 1 is 1.03 bits per heavy atom. The lowest BCUT2D eigenvalue weighted by atomic mass is 10.1. The first kappa shape index (κ1) is 25.7. The van der Waals surface area contributed by atoms with Gasteiger partial charge in [0.1, 0.15) is 0 Å². The minimum absolute atomic E-state index is 0.0677. The molecule has 1 fully saturated rings. The first-order valence-corrected chi connectivity index (χ1v) is 13.4. The van der Waals surface area contributed by atoms with E-state index in [-0.39, 0.29) is 17.9 Å². The van der Waals surface area contributed by atoms with Gasteiger partial charge in [-0.25, -0.2) is 4.68 Å². The number of para-hydroxylation sites is 2. The summed E-state index contributed by atoms with van der Waals surface area (Å²) in [5.41, 5.74) is 3.84. The van der Waals surface area contributed by atoms with E-state index in [1.807, 2.05) is 66.4 Å². The highest BCUT2D eigenvalue weighted by atomic mass is 16.2. The van der Waals surface area contributed by atoms with E-state index in [2.05, 4.69) is 35.0 Å². The second-order valence-electron chi connectivity index (χ2n) is 9.96. The Balaban J connectivity index is 1.35. The number of rotatable bonds is 8. The number of hydrogen-bond acceptors (Lipinski definition) is 4. The predicted molar refractivity (Wildman–Crippen MR) is 154 cm³/mol. The summed E-state index contributed by atoms with van der Waals surface area (Å²) in [5, 5.41) is 6.34. The predicted octanol–water partition coefficient (Wildman–Crippen LogP) is 4.86. The van der Waals surface area contributed by atoms with Crippen LogP contribution in [0.3, 0.4) is 0 Å². The molecule has 38 heavy (non-hydrogen) atoms. The Kier molecular flexibility index (Phi) is 7.84. The number of carbonyl (C=O) groups is 1. The lowest BCUT2D eigenvalue weighted by Gasteiger charge is -2.35. The molecule has 0 bridgehead atoms. The van der Waals surface area contributed by atoms with Gasteiger partial charge < -0.3 is 9.88 Å². The molecular formula is C31H35N5O2. The van der Waals surface area contributed by atoms with E-state index in [4.69, 9.17) is 5.10 Å². The van der Waals surface area contributed by atoms with Gasteiger partial charge in [-0.3, -0.25) is 14.5 Å². The van der Waals surface area contributed by atoms with E-state index >= 15 is 0 Å². The first-order valence-electron chi connectivity index (χ1n) is 13.4. The fourth-order valence-corrected chi connectivity index (χ4v) is 5.23. The van der Waals surface area contributed by atoms with Crippen molar-refractivity contribution in [2.75, 3.05) is 32.7 Å². The minimum Gasteiger partial charge on any atom is -0.340 e. The molecule has 3 heterocycles. The molecule has 4 aromatic rings. The largest absolute Gasteiger partial charge is 0.340 e. The van der Waals surface area contributed by atoms with Crippen LogP contribution < -0.4 is 5.56 Å². The van der Waals surface area contributed by atoms with Crippen LogP contribution in [0.25, 0.3) is 27.5 Å². The van der Waals surface area contributed by atoms with Crippen LogP contribution in [0.15, 0.2) is 83.2 Å². The van der Waals surface area contributed by atoms with Crippen molar-refractivity contribution in [1.29, 1.82) is 0 Å². The third-order valence-corrected chi connectivity index (χ3v) is 7.30. The van der Waals surface area contributed by atoms with Gasteiger partial charge in [0.25, 0.3) is 5.56 Å². The lowest BCUT2D eigenvalue weighted by molar-refractivity contribution is -0.132. The van der Waals surface area contributed by atoms with Gasteiger partial charge in [0.15, 0.2) is 5.52 Å². The van der Waals surface area contributed by atoms with Crippen LogP contribution in [0.4, 0.5) is 0 Å². The molecule has 1 saturated heterocycles. The number of piperazine rings is 1. The van der Waals surface area contributed by atoms with Crippen molar-refractivity contribution in [2.45, 2.75) is 33.1 Å². The molecule has 0 aliphatic carbocycles. The average Bonchev–Trinajstić information content (AvgIpc) is 3.33. The van der Waals surface area contributed by atoms with Gasteiger partial charge in [0, 0.05) is 42.5 Å². The lowest BCUT2D eigenvalue weighted by Crippen LogP contribution is -2.49. The summed E-state index contributed by atoms with van der Waals surface area (Å²) >= 11 is 0. The zero-order chi connectivity index (χ0) is 26.5. The number of pyridine rings is 1. The summed E-state index contributed by atoms with van der Waals surface area (Å²) in [4.78, 5) is 33.9. The Bertz CT molecular complexity index is 1540. The van der Waals surface area contributed by atoms with Crippen LogP contribution in [0.1, 0.15) is 32.4 Å². The number of fused-ring (bicyclic) bond motifs is 3. The van der Waals surface area contributed by atoms with Crippen LogP contribution in [0.5, 0.6) is 0 Å². The normalized spacial score (nSPS) is 15.2. The summed E-state index contributed by atoms with van der Waals surface area (Å²) < 4.78 is 1.77. The number of nitrogens with one attached hydrogen (secondary N) is 1. The van der Waals surface area contributed by atoms with Gasteiger partial charge in [-0.15, -0.1) is 0 Å². The molecule has 5 rings (SSSR count). The Hall–Kier alpha value is -3.97. The van der Waals surface area contributed by atoms with Crippen molar-refractivity contribution in [3.05, 3.63) is 94.4 Å². The molecule has 0 radical (unpaired) electrons. The van der Waals surface area contributed by atoms with E-state index < -0.39 is 0 Å². The third-order valence-electron chi connectivity index (χ3n) is 7.30. The van der Waals surface area contributed by atoms with Crippen molar-refractivity contribution >= 4 is 27.7 Å². The van der Waals surface area contributed by atoms with Gasteiger partial charge in [-0.1, -0.05) is 60.2 Å². The number of amides is 1. The van der Waals surface area contributed by atoms with Gasteiger partial charge in [0.05, 0.1) is 17.8 Å². The van der Waals surface area contributed by atoms with E-state index in [0.717, 1.165) is 60.1 Å². The molecule has 1 amide bonds. The summed E-state index contributed by atoms with van der Waals surface area (Å²) in [6.07, 6.45) is 8.72. The number of benzene rings is 2. The van der Waals surface area contributed by atoms with Crippen molar-refractivity contribution in [3.8, 4) is 5.69 Å². The van der Waals surface area contributed by atoms with E-state index in [0.29, 0.717) is 18.6 Å². The van der Waals surface area contributed by atoms with Gasteiger partial charge in [0.2, 0.25) is 5.91 Å². The molecule has 2 aromatic carbocycles. The van der Waals surface area contributed by atoms with Crippen LogP contribution in [0, 0.1) is 0 Å². The fourth-order valence-electron chi connectivity index (χ4n) is 5.23. The van der Waals surface area contributed by atoms with Crippen LogP contribution in [0.2, 0.25) is 0 Å². The smallest absolute Gasteiger partial charge is 0.276 e. The maximum atomic E-state index is 13.6. The zero-order valence-electron chi connectivity index (χ0n) is 22.2. The molecule has 196 valence electrons. The first-order chi connectivity index (χ1) is 18.5. The molecule has 1 aliphatic heterocycles. The highest BCUT2D eigenvalue weighted by Gasteiger charge is 2.25. The Morgan fingerprint density at radius 3 is 2.53 bits per heavy atom. The fraction of sp³-hybridized carbons (Fsp3) is 0.323. The second kappa shape index (κ2) is 11.6. The molecule has 2 aromatic heterocycles. The van der Waals surface area contributed by atoms with Crippen LogP contribution >= 0.6 is 0 Å². The topological polar surface area (TPSA) is 74.2 Å². The summed E-state index contributed by atoms with van der Waals surface area (Å²) in [7, 11) is 0. The number of aromatic amines is 1. The zero-order valence-corrected chi connectivity index (χ0v) is 22.2. The number of hydrogen-bond donors (Lipinski definition) is 1. The number of aromatic nitrogens is 3. The van der Waals surface area contributed by atoms with Crippen molar-refractivity contribution in [2.24, 2.45) is 0 Å². The van der Waals surface area contributed by atoms with E-state index in [1.165, 1.54) is 5.57 Å². The number of allylic oxidation sites excluding steroid dienone is 4. The molecular weight excluding hydrogens is 474 g/mol. The van der Waals surface area contributed by atoms with Gasteiger partial charge in [-0.2, -0.15) is 5.10 Å². The molecule has 1 aliphatic rings. The molecule has 7 heteroatoms. The molecule has 7 nitrogen and oxygen atoms in total. The molecule has 0 spiro atoms. The van der Waals surface area contributed by atoms with Gasteiger partial charge >= 0.3 is 0 Å². The minimum atomic E-state index is -0.244. The number of nitrogens with zero attached hydrogens (tertiary/aromatic N) is 4. The average molecular weight is 510 g/mol. The van der Waals surface area contributed by atoms with Crippen LogP contribution in [-0.2, 0) is 11.2 Å². The monoisotopic (exact) mass is 509 g/mol. The molecule has 0 saturated carbocycles. The molecule has 0 atom stereocenters. The highest BCUT2D eigenvalue weighted by molar-refractivity contribution is 6.06. The summed E-state index contributed by atoms with van der Waals surface area (Å²) in [6.45, 7) is 8.44. The SMILES string of the molecule is C/C=C\C=C(/C)CCCN1CCN(C(=O)Cc2c3c(nn2-c2ccccc2)c(=O)[nH]c2ccccc23)CC1. The second-order valence-corrected chi connectivity index (χ2v) is 9.96. The maximum Gasteiger partial charge on any atom is 0.276 e. The molecule has 1 N–H and O–H groups in total. The van der Waals surface area contributed by atoms with Crippen molar-refractivity contribution in [1.82, 2.24) is 24.6 Å². The Morgan fingerprint density at radius 2 is 1.76 bits per heavy atom. The Labute approximate surface area is 223 Å². The van der Waals surface area contributed by atoms with Crippen molar-refractivity contribution in [3.63, 3.8) is 0 Å². The number of H-pyrrole nitrogens is 1. The number of carbonyl (C=O) groups excluding carboxylic acids is 1. The van der Waals surface area contributed by atoms with E-state index in [9.17, 15) is 9.59 Å². The highest BCUT2D eigenvalue weighted by Crippen LogP contribution is 2.27. The summed E-state index contributed by atoms with van der Waals surface area (Å²) in [6, 6.07) is 17.4. The van der Waals surface area contributed by atoms with Gasteiger partial charge in [-0.05, 0) is 51.4 Å². The maximum absolute atomic E-state index is 13.6. The standard InChI is InChI=1S/C31H35N5O2/c1-3-4-11-23(2)12-10-17-34-18-20-35(21-19-34)28(37)22-27-29-25-15-8-9-16-26(25)32-31(38)30(29)33-36(27)24-13-6-5-7-14-24/h3-9,11,13-16H,10,12,17-22H2,1-2H3,(H,32,38)/b4-3-,23-11+. The van der Waals surface area contributed by atoms with Crippen LogP contribution in [-0.4, -0.2) is 63.2 Å². The van der Waals surface area contributed by atoms with E-state index in [1.54, 1.807) is 4.68 Å². The molecule has 0 unspecified atom stereocenters. The third kappa shape index (κ3) is 5.48. The van der Waals surface area contributed by atoms with Crippen molar-refractivity contribution < 1.29 is 4.79 Å².